The van der Waals surface area contributed by atoms with Crippen LogP contribution in [-0.4, -0.2) is 21.8 Å². The predicted molar refractivity (Wildman–Crippen MR) is 72.5 cm³/mol. The third-order valence-corrected chi connectivity index (χ3v) is 4.96. The summed E-state index contributed by atoms with van der Waals surface area (Å²) >= 11 is 0. The van der Waals surface area contributed by atoms with Crippen molar-refractivity contribution in [2.45, 2.75) is 77.7 Å². The highest BCUT2D eigenvalue weighted by atomic mass is 16.4. The molecule has 0 bridgehead atoms. The van der Waals surface area contributed by atoms with Gasteiger partial charge in [0, 0.05) is 0 Å². The van der Waals surface area contributed by atoms with E-state index in [1.165, 1.54) is 0 Å². The molecule has 0 saturated heterocycles. The minimum absolute atomic E-state index is 0.416. The second kappa shape index (κ2) is 6.05. The van der Waals surface area contributed by atoms with Crippen LogP contribution in [0.1, 0.15) is 72.1 Å². The lowest BCUT2D eigenvalue weighted by Crippen LogP contribution is -2.44. The van der Waals surface area contributed by atoms with E-state index in [9.17, 15) is 15.0 Å². The second-order valence-electron chi connectivity index (χ2n) is 6.06. The Bertz CT molecular complexity index is 283. The maximum absolute atomic E-state index is 11.7. The summed E-state index contributed by atoms with van der Waals surface area (Å²) in [5.41, 5.74) is -1.51. The van der Waals surface area contributed by atoms with Gasteiger partial charge in [-0.15, -0.1) is 0 Å². The summed E-state index contributed by atoms with van der Waals surface area (Å²) in [6.07, 6.45) is 6.31. The van der Waals surface area contributed by atoms with E-state index >= 15 is 0 Å². The summed E-state index contributed by atoms with van der Waals surface area (Å²) in [5.74, 6) is -0.200. The summed E-state index contributed by atoms with van der Waals surface area (Å²) in [6, 6.07) is 0. The molecule has 1 rings (SSSR count). The topological polar surface area (TPSA) is 57.5 Å². The Kier molecular flexibility index (Phi) is 5.20. The monoisotopic (exact) mass is 256 g/mol. The third-order valence-electron chi connectivity index (χ3n) is 4.96. The first-order valence-electron chi connectivity index (χ1n) is 7.37. The summed E-state index contributed by atoms with van der Waals surface area (Å²) < 4.78 is 0. The van der Waals surface area contributed by atoms with Crippen LogP contribution in [0.15, 0.2) is 0 Å². The molecule has 1 aliphatic rings. The van der Waals surface area contributed by atoms with Crippen molar-refractivity contribution < 1.29 is 15.0 Å². The summed E-state index contributed by atoms with van der Waals surface area (Å²) in [4.78, 5) is 11.7. The highest BCUT2D eigenvalue weighted by Gasteiger charge is 2.46. The van der Waals surface area contributed by atoms with Crippen LogP contribution in [0.2, 0.25) is 0 Å². The SMILES string of the molecule is CCC1CCCC(CC(O)(CC)CC)(C(=O)O)C1. The van der Waals surface area contributed by atoms with Gasteiger partial charge in [0.2, 0.25) is 0 Å². The molecule has 3 heteroatoms. The summed E-state index contributed by atoms with van der Waals surface area (Å²) in [5, 5.41) is 20.1. The molecule has 2 atom stereocenters. The van der Waals surface area contributed by atoms with Crippen LogP contribution < -0.4 is 0 Å². The molecule has 1 aliphatic carbocycles. The molecule has 3 nitrogen and oxygen atoms in total. The van der Waals surface area contributed by atoms with Crippen LogP contribution in [-0.2, 0) is 4.79 Å². The number of carbonyl (C=O) groups is 1. The molecule has 0 spiro atoms. The molecule has 0 aromatic carbocycles. The first-order chi connectivity index (χ1) is 8.41. The normalized spacial score (nSPS) is 29.2. The molecule has 0 aliphatic heterocycles. The minimum atomic E-state index is -0.811. The molecule has 0 radical (unpaired) electrons. The Morgan fingerprint density at radius 1 is 1.33 bits per heavy atom. The third kappa shape index (κ3) is 3.25. The number of carboxylic acid groups (broad SMARTS) is 1. The van der Waals surface area contributed by atoms with Crippen LogP contribution in [0, 0.1) is 11.3 Å². The Labute approximate surface area is 111 Å². The van der Waals surface area contributed by atoms with Gasteiger partial charge in [-0.3, -0.25) is 4.79 Å². The van der Waals surface area contributed by atoms with Crippen molar-refractivity contribution in [1.82, 2.24) is 0 Å². The summed E-state index contributed by atoms with van der Waals surface area (Å²) in [7, 11) is 0. The first-order valence-corrected chi connectivity index (χ1v) is 7.37. The molecular formula is C15H28O3. The lowest BCUT2D eigenvalue weighted by atomic mass is 9.63. The maximum atomic E-state index is 11.7. The van der Waals surface area contributed by atoms with Crippen molar-refractivity contribution in [3.63, 3.8) is 0 Å². The van der Waals surface area contributed by atoms with Gasteiger partial charge in [0.15, 0.2) is 0 Å². The van der Waals surface area contributed by atoms with Crippen LogP contribution >= 0.6 is 0 Å². The van der Waals surface area contributed by atoms with E-state index in [2.05, 4.69) is 6.92 Å². The van der Waals surface area contributed by atoms with Crippen molar-refractivity contribution in [1.29, 1.82) is 0 Å². The minimum Gasteiger partial charge on any atom is -0.481 e. The van der Waals surface area contributed by atoms with E-state index in [0.717, 1.165) is 32.1 Å². The Balaban J connectivity index is 2.90. The van der Waals surface area contributed by atoms with E-state index < -0.39 is 17.0 Å². The number of aliphatic carboxylic acids is 1. The highest BCUT2D eigenvalue weighted by Crippen LogP contribution is 2.47. The zero-order valence-corrected chi connectivity index (χ0v) is 12.0. The molecule has 0 amide bonds. The average Bonchev–Trinajstić information content (AvgIpc) is 2.38. The number of rotatable bonds is 6. The molecular weight excluding hydrogens is 228 g/mol. The average molecular weight is 256 g/mol. The molecule has 18 heavy (non-hydrogen) atoms. The van der Waals surface area contributed by atoms with Crippen LogP contribution in [0.5, 0.6) is 0 Å². The molecule has 1 saturated carbocycles. The molecule has 2 unspecified atom stereocenters. The van der Waals surface area contributed by atoms with E-state index in [1.54, 1.807) is 0 Å². The molecule has 2 N–H and O–H groups in total. The zero-order valence-electron chi connectivity index (χ0n) is 12.0. The fourth-order valence-corrected chi connectivity index (χ4v) is 3.39. The van der Waals surface area contributed by atoms with Gasteiger partial charge in [-0.25, -0.2) is 0 Å². The van der Waals surface area contributed by atoms with Crippen molar-refractivity contribution in [3.8, 4) is 0 Å². The van der Waals surface area contributed by atoms with Crippen molar-refractivity contribution in [3.05, 3.63) is 0 Å². The van der Waals surface area contributed by atoms with Crippen molar-refractivity contribution in [2.75, 3.05) is 0 Å². The van der Waals surface area contributed by atoms with E-state index in [1.807, 2.05) is 13.8 Å². The molecule has 106 valence electrons. The standard InChI is InChI=1S/C15H28O3/c1-4-12-8-7-9-14(10-12,13(16)17)11-15(18,5-2)6-3/h12,18H,4-11H2,1-3H3,(H,16,17). The predicted octanol–water partition coefficient (Wildman–Crippen LogP) is 3.60. The van der Waals surface area contributed by atoms with Gasteiger partial charge in [-0.05, 0) is 38.0 Å². The zero-order chi connectivity index (χ0) is 13.8. The molecule has 0 aromatic rings. The number of hydrogen-bond donors (Lipinski definition) is 2. The van der Waals surface area contributed by atoms with Gasteiger partial charge in [0.05, 0.1) is 11.0 Å². The Morgan fingerprint density at radius 2 is 1.94 bits per heavy atom. The fourth-order valence-electron chi connectivity index (χ4n) is 3.39. The van der Waals surface area contributed by atoms with Crippen molar-refractivity contribution >= 4 is 5.97 Å². The number of aliphatic hydroxyl groups is 1. The highest BCUT2D eigenvalue weighted by molar-refractivity contribution is 5.75. The lowest BCUT2D eigenvalue weighted by molar-refractivity contribution is -0.158. The molecule has 0 aromatic heterocycles. The van der Waals surface area contributed by atoms with Crippen LogP contribution in [0.4, 0.5) is 0 Å². The van der Waals surface area contributed by atoms with Crippen LogP contribution in [0.25, 0.3) is 0 Å². The van der Waals surface area contributed by atoms with Gasteiger partial charge < -0.3 is 10.2 Å². The Morgan fingerprint density at radius 3 is 2.39 bits per heavy atom. The van der Waals surface area contributed by atoms with Crippen molar-refractivity contribution in [2.24, 2.45) is 11.3 Å². The molecule has 0 heterocycles. The smallest absolute Gasteiger partial charge is 0.309 e. The lowest BCUT2D eigenvalue weighted by Gasteiger charge is -2.42. The summed E-state index contributed by atoms with van der Waals surface area (Å²) in [6.45, 7) is 6.02. The van der Waals surface area contributed by atoms with Gasteiger partial charge >= 0.3 is 5.97 Å². The van der Waals surface area contributed by atoms with Gasteiger partial charge in [0.1, 0.15) is 0 Å². The molecule has 1 fully saturated rings. The van der Waals surface area contributed by atoms with E-state index in [-0.39, 0.29) is 0 Å². The Hall–Kier alpha value is -0.570. The van der Waals surface area contributed by atoms with Gasteiger partial charge in [-0.1, -0.05) is 40.0 Å². The van der Waals surface area contributed by atoms with Gasteiger partial charge in [0.25, 0.3) is 0 Å². The first kappa shape index (κ1) is 15.5. The second-order valence-corrected chi connectivity index (χ2v) is 6.06. The largest absolute Gasteiger partial charge is 0.481 e. The fraction of sp³-hybridized carbons (Fsp3) is 0.933. The quantitative estimate of drug-likeness (QED) is 0.763. The number of hydrogen-bond acceptors (Lipinski definition) is 2. The maximum Gasteiger partial charge on any atom is 0.309 e. The van der Waals surface area contributed by atoms with Crippen LogP contribution in [0.3, 0.4) is 0 Å². The number of carboxylic acids is 1. The van der Waals surface area contributed by atoms with E-state index in [4.69, 9.17) is 0 Å². The van der Waals surface area contributed by atoms with E-state index in [0.29, 0.717) is 25.2 Å². The van der Waals surface area contributed by atoms with Gasteiger partial charge in [-0.2, -0.15) is 0 Å².